The molecule has 5 N–H and O–H groups in total. The zero-order valence-electron chi connectivity index (χ0n) is 20.5. The molecule has 194 valence electrons. The molecule has 1 saturated carbocycles. The fourth-order valence-electron chi connectivity index (χ4n) is 4.36. The number of hydrogen-bond donors (Lipinski definition) is 5. The summed E-state index contributed by atoms with van der Waals surface area (Å²) in [6, 6.07) is 8.30. The fraction of sp³-hybridized carbons (Fsp3) is 0.462. The third-order valence-electron chi connectivity index (χ3n) is 6.54. The van der Waals surface area contributed by atoms with E-state index in [1.54, 1.807) is 12.3 Å². The molecular weight excluding hydrogens is 471 g/mol. The Morgan fingerprint density at radius 1 is 1.33 bits per heavy atom. The van der Waals surface area contributed by atoms with Crippen LogP contribution in [0.15, 0.2) is 60.1 Å². The van der Waals surface area contributed by atoms with Crippen molar-refractivity contribution in [3.8, 4) is 0 Å². The lowest BCUT2D eigenvalue weighted by Gasteiger charge is -2.36. The smallest absolute Gasteiger partial charge is 0.267 e. The Labute approximate surface area is 208 Å². The number of aliphatic hydroxyl groups is 1. The number of amides is 1. The van der Waals surface area contributed by atoms with Crippen molar-refractivity contribution in [2.24, 2.45) is 0 Å². The molecule has 10 heteroatoms. The predicted octanol–water partition coefficient (Wildman–Crippen LogP) is 3.74. The normalized spacial score (nSPS) is 24.4. The van der Waals surface area contributed by atoms with Gasteiger partial charge in [0.1, 0.15) is 11.8 Å². The lowest BCUT2D eigenvalue weighted by molar-refractivity contribution is -0.118. The molecule has 0 saturated heterocycles. The molecule has 4 rings (SSSR count). The number of benzene rings is 1. The van der Waals surface area contributed by atoms with E-state index in [-0.39, 0.29) is 24.1 Å². The molecule has 1 aliphatic heterocycles. The second-order valence-corrected chi connectivity index (χ2v) is 10.2. The summed E-state index contributed by atoms with van der Waals surface area (Å²) in [5.41, 5.74) is -0.670. The first kappa shape index (κ1) is 25.8. The van der Waals surface area contributed by atoms with Gasteiger partial charge in [-0.1, -0.05) is 6.07 Å². The first-order valence-corrected chi connectivity index (χ1v) is 12.0. The summed E-state index contributed by atoms with van der Waals surface area (Å²) in [5, 5.41) is 22.5. The third kappa shape index (κ3) is 5.75. The Morgan fingerprint density at radius 2 is 2.11 bits per heavy atom. The second kappa shape index (κ2) is 9.65. The van der Waals surface area contributed by atoms with Gasteiger partial charge in [-0.15, -0.1) is 0 Å². The standard InChI is InChI=1S/C26H32F3N5O2/c1-24(2,36)21(27)15-31-23(35)18-14-32-25(3,13-20(18)33-22-7-4-10-26(22,28)29)34-17-8-9-19-16(12-17)6-5-11-30-19/h5-6,8-9,11-14,21-22,32-34,36H,4,7,10,15H2,1-3H3,(H,31,35)/t21-,22?,25?/m1/s1. The Morgan fingerprint density at radius 3 is 2.81 bits per heavy atom. The van der Waals surface area contributed by atoms with Crippen molar-refractivity contribution in [3.63, 3.8) is 0 Å². The van der Waals surface area contributed by atoms with Crippen molar-refractivity contribution < 1.29 is 23.1 Å². The quantitative estimate of drug-likeness (QED) is 0.377. The van der Waals surface area contributed by atoms with Crippen LogP contribution in [-0.2, 0) is 4.79 Å². The Kier molecular flexibility index (Phi) is 6.92. The molecule has 1 aliphatic carbocycles. The molecule has 1 amide bonds. The Bertz CT molecular complexity index is 1190. The number of carbonyl (C=O) groups excluding carboxylic acids is 1. The van der Waals surface area contributed by atoms with Crippen molar-refractivity contribution in [2.75, 3.05) is 11.9 Å². The topological polar surface area (TPSA) is 98.3 Å². The van der Waals surface area contributed by atoms with Gasteiger partial charge in [0.25, 0.3) is 11.8 Å². The van der Waals surface area contributed by atoms with Crippen LogP contribution in [0, 0.1) is 0 Å². The summed E-state index contributed by atoms with van der Waals surface area (Å²) in [6.45, 7) is 4.00. The first-order chi connectivity index (χ1) is 16.9. The van der Waals surface area contributed by atoms with Crippen LogP contribution in [0.4, 0.5) is 18.9 Å². The summed E-state index contributed by atoms with van der Waals surface area (Å²) in [4.78, 5) is 17.2. The van der Waals surface area contributed by atoms with E-state index in [1.165, 1.54) is 20.0 Å². The van der Waals surface area contributed by atoms with Gasteiger partial charge in [-0.05, 0) is 64.0 Å². The van der Waals surface area contributed by atoms with E-state index >= 15 is 0 Å². The van der Waals surface area contributed by atoms with Crippen molar-refractivity contribution >= 4 is 22.5 Å². The minimum absolute atomic E-state index is 0.0719. The molecule has 2 heterocycles. The molecule has 2 aromatic rings. The highest BCUT2D eigenvalue weighted by Crippen LogP contribution is 2.36. The lowest BCUT2D eigenvalue weighted by atomic mass is 9.99. The van der Waals surface area contributed by atoms with Gasteiger partial charge < -0.3 is 26.4 Å². The zero-order chi connectivity index (χ0) is 26.1. The number of aromatic nitrogens is 1. The third-order valence-corrected chi connectivity index (χ3v) is 6.54. The SMILES string of the molecule is CC1(Nc2ccc3ncccc3c2)C=C(NC2CCCC2(F)F)C(C(=O)NC[C@@H](F)C(C)(C)O)=CN1. The number of rotatable bonds is 8. The first-order valence-electron chi connectivity index (χ1n) is 12.0. The summed E-state index contributed by atoms with van der Waals surface area (Å²) in [5.74, 6) is -3.55. The summed E-state index contributed by atoms with van der Waals surface area (Å²) < 4.78 is 43.1. The van der Waals surface area contributed by atoms with Crippen LogP contribution in [0.1, 0.15) is 40.0 Å². The fourth-order valence-corrected chi connectivity index (χ4v) is 4.36. The monoisotopic (exact) mass is 503 g/mol. The minimum Gasteiger partial charge on any atom is -0.387 e. The van der Waals surface area contributed by atoms with Crippen molar-refractivity contribution in [1.29, 1.82) is 0 Å². The highest BCUT2D eigenvalue weighted by atomic mass is 19.3. The minimum atomic E-state index is -2.91. The average Bonchev–Trinajstić information content (AvgIpc) is 3.14. The van der Waals surface area contributed by atoms with Crippen LogP contribution >= 0.6 is 0 Å². The van der Waals surface area contributed by atoms with E-state index in [1.807, 2.05) is 37.3 Å². The zero-order valence-corrected chi connectivity index (χ0v) is 20.5. The average molecular weight is 504 g/mol. The highest BCUT2D eigenvalue weighted by molar-refractivity contribution is 5.98. The molecule has 3 atom stereocenters. The molecule has 0 bridgehead atoms. The second-order valence-electron chi connectivity index (χ2n) is 10.2. The molecule has 36 heavy (non-hydrogen) atoms. The maximum atomic E-state index is 14.4. The van der Waals surface area contributed by atoms with Gasteiger partial charge in [-0.3, -0.25) is 9.78 Å². The van der Waals surface area contributed by atoms with Gasteiger partial charge in [0.2, 0.25) is 0 Å². The molecule has 0 radical (unpaired) electrons. The van der Waals surface area contributed by atoms with Gasteiger partial charge in [0.15, 0.2) is 0 Å². The van der Waals surface area contributed by atoms with E-state index in [0.29, 0.717) is 6.42 Å². The Balaban J connectivity index is 1.57. The number of anilines is 1. The number of dihydropyridines is 1. The van der Waals surface area contributed by atoms with E-state index < -0.39 is 41.9 Å². The molecule has 2 unspecified atom stereocenters. The number of hydrogen-bond acceptors (Lipinski definition) is 6. The van der Waals surface area contributed by atoms with Crippen molar-refractivity contribution in [2.45, 2.75) is 69.4 Å². The van der Waals surface area contributed by atoms with Gasteiger partial charge in [0.05, 0.1) is 29.3 Å². The number of alkyl halides is 3. The van der Waals surface area contributed by atoms with Crippen LogP contribution in [0.3, 0.4) is 0 Å². The van der Waals surface area contributed by atoms with Gasteiger partial charge in [0, 0.05) is 35.6 Å². The molecular formula is C26H32F3N5O2. The maximum Gasteiger partial charge on any atom is 0.267 e. The van der Waals surface area contributed by atoms with Crippen LogP contribution in [0.2, 0.25) is 0 Å². The number of carbonyl (C=O) groups is 1. The molecule has 1 aromatic carbocycles. The van der Waals surface area contributed by atoms with Crippen molar-refractivity contribution in [3.05, 3.63) is 60.1 Å². The Hall–Kier alpha value is -3.27. The van der Waals surface area contributed by atoms with Gasteiger partial charge in [-0.2, -0.15) is 0 Å². The lowest BCUT2D eigenvalue weighted by Crippen LogP contribution is -2.51. The maximum absolute atomic E-state index is 14.4. The number of halogens is 3. The van der Waals surface area contributed by atoms with E-state index in [4.69, 9.17) is 0 Å². The van der Waals surface area contributed by atoms with Crippen LogP contribution in [0.25, 0.3) is 10.9 Å². The van der Waals surface area contributed by atoms with E-state index in [2.05, 4.69) is 26.3 Å². The predicted molar refractivity (Wildman–Crippen MR) is 133 cm³/mol. The van der Waals surface area contributed by atoms with Gasteiger partial charge >= 0.3 is 0 Å². The molecule has 2 aliphatic rings. The van der Waals surface area contributed by atoms with E-state index in [0.717, 1.165) is 16.6 Å². The van der Waals surface area contributed by atoms with Crippen LogP contribution in [0.5, 0.6) is 0 Å². The highest BCUT2D eigenvalue weighted by Gasteiger charge is 2.45. The molecule has 7 nitrogen and oxygen atoms in total. The summed E-state index contributed by atoms with van der Waals surface area (Å²) in [7, 11) is 0. The van der Waals surface area contributed by atoms with Gasteiger partial charge in [-0.25, -0.2) is 13.2 Å². The number of nitrogens with one attached hydrogen (secondary N) is 4. The number of fused-ring (bicyclic) bond motifs is 1. The van der Waals surface area contributed by atoms with Crippen LogP contribution < -0.4 is 21.3 Å². The molecule has 1 fully saturated rings. The number of nitrogens with zero attached hydrogens (tertiary/aromatic N) is 1. The summed E-state index contributed by atoms with van der Waals surface area (Å²) >= 11 is 0. The van der Waals surface area contributed by atoms with Crippen LogP contribution in [-0.4, -0.2) is 51.9 Å². The summed E-state index contributed by atoms with van der Waals surface area (Å²) in [6.07, 6.45) is 3.49. The number of pyridine rings is 1. The molecule has 0 spiro atoms. The van der Waals surface area contributed by atoms with Crippen molar-refractivity contribution in [1.82, 2.24) is 20.9 Å². The van der Waals surface area contributed by atoms with E-state index in [9.17, 15) is 23.1 Å². The largest absolute Gasteiger partial charge is 0.387 e. The molecule has 1 aromatic heterocycles.